The fourth-order valence-corrected chi connectivity index (χ4v) is 1.68. The van der Waals surface area contributed by atoms with E-state index in [4.69, 9.17) is 11.5 Å². The van der Waals surface area contributed by atoms with Gasteiger partial charge in [0.05, 0.1) is 12.6 Å². The average molecular weight is 224 g/mol. The lowest BCUT2D eigenvalue weighted by atomic mass is 9.94. The van der Waals surface area contributed by atoms with E-state index >= 15 is 0 Å². The third kappa shape index (κ3) is 3.79. The van der Waals surface area contributed by atoms with Crippen molar-refractivity contribution in [1.82, 2.24) is 4.90 Å². The molecule has 1 saturated heterocycles. The predicted octanol–water partition coefficient (Wildman–Crippen LogP) is -1.46. The Labute approximate surface area is 89.8 Å². The SMILES string of the molecule is Cl.NC[C@H]1CCN(CC(N)=O)C[C@@H]1O. The van der Waals surface area contributed by atoms with Crippen molar-refractivity contribution in [3.8, 4) is 0 Å². The topological polar surface area (TPSA) is 92.6 Å². The van der Waals surface area contributed by atoms with Crippen molar-refractivity contribution in [3.05, 3.63) is 0 Å². The molecule has 0 aliphatic carbocycles. The number of nitrogens with zero attached hydrogens (tertiary/aromatic N) is 1. The van der Waals surface area contributed by atoms with E-state index in [1.807, 2.05) is 4.90 Å². The Hall–Kier alpha value is -0.360. The number of hydrogen-bond donors (Lipinski definition) is 3. The summed E-state index contributed by atoms with van der Waals surface area (Å²) in [6.07, 6.45) is 0.420. The number of aliphatic hydroxyl groups is 1. The minimum atomic E-state index is -0.418. The first-order valence-corrected chi connectivity index (χ1v) is 4.52. The molecule has 0 radical (unpaired) electrons. The van der Waals surface area contributed by atoms with Crippen LogP contribution in [-0.2, 0) is 4.79 Å². The van der Waals surface area contributed by atoms with Gasteiger partial charge in [0.15, 0.2) is 0 Å². The molecule has 6 heteroatoms. The number of primary amides is 1. The molecule has 0 aromatic rings. The lowest BCUT2D eigenvalue weighted by Crippen LogP contribution is -2.48. The monoisotopic (exact) mass is 223 g/mol. The highest BCUT2D eigenvalue weighted by Gasteiger charge is 2.26. The van der Waals surface area contributed by atoms with Crippen LogP contribution in [0.3, 0.4) is 0 Å². The highest BCUT2D eigenvalue weighted by molar-refractivity contribution is 5.85. The van der Waals surface area contributed by atoms with Crippen molar-refractivity contribution in [2.75, 3.05) is 26.2 Å². The number of amides is 1. The minimum absolute atomic E-state index is 0. The lowest BCUT2D eigenvalue weighted by molar-refractivity contribution is -0.120. The van der Waals surface area contributed by atoms with Crippen molar-refractivity contribution in [1.29, 1.82) is 0 Å². The predicted molar refractivity (Wildman–Crippen MR) is 56.1 cm³/mol. The Morgan fingerprint density at radius 2 is 2.21 bits per heavy atom. The first-order chi connectivity index (χ1) is 6.13. The first-order valence-electron chi connectivity index (χ1n) is 4.52. The van der Waals surface area contributed by atoms with Crippen LogP contribution in [-0.4, -0.2) is 48.2 Å². The zero-order chi connectivity index (χ0) is 9.84. The Morgan fingerprint density at radius 1 is 1.57 bits per heavy atom. The maximum absolute atomic E-state index is 10.6. The number of rotatable bonds is 3. The molecule has 1 amide bonds. The number of nitrogens with two attached hydrogens (primary N) is 2. The summed E-state index contributed by atoms with van der Waals surface area (Å²) >= 11 is 0. The summed E-state index contributed by atoms with van der Waals surface area (Å²) in [5, 5.41) is 9.58. The Morgan fingerprint density at radius 3 is 2.64 bits per heavy atom. The maximum atomic E-state index is 10.6. The van der Waals surface area contributed by atoms with Gasteiger partial charge in [-0.25, -0.2) is 0 Å². The summed E-state index contributed by atoms with van der Waals surface area (Å²) in [7, 11) is 0. The largest absolute Gasteiger partial charge is 0.391 e. The normalized spacial score (nSPS) is 28.1. The minimum Gasteiger partial charge on any atom is -0.391 e. The van der Waals surface area contributed by atoms with Gasteiger partial charge in [-0.2, -0.15) is 0 Å². The molecule has 1 aliphatic rings. The average Bonchev–Trinajstić information content (AvgIpc) is 2.03. The maximum Gasteiger partial charge on any atom is 0.231 e. The van der Waals surface area contributed by atoms with Crippen LogP contribution in [0.5, 0.6) is 0 Å². The fourth-order valence-electron chi connectivity index (χ4n) is 1.68. The van der Waals surface area contributed by atoms with Gasteiger partial charge in [0.1, 0.15) is 0 Å². The van der Waals surface area contributed by atoms with E-state index in [0.29, 0.717) is 13.1 Å². The van der Waals surface area contributed by atoms with Gasteiger partial charge in [0.25, 0.3) is 0 Å². The van der Waals surface area contributed by atoms with Gasteiger partial charge >= 0.3 is 0 Å². The van der Waals surface area contributed by atoms with Gasteiger partial charge in [-0.1, -0.05) is 0 Å². The molecule has 2 atom stereocenters. The second kappa shape index (κ2) is 6.19. The number of likely N-dealkylation sites (tertiary alicyclic amines) is 1. The van der Waals surface area contributed by atoms with E-state index in [9.17, 15) is 9.90 Å². The molecule has 1 heterocycles. The number of carbonyl (C=O) groups excluding carboxylic acids is 1. The second-order valence-electron chi connectivity index (χ2n) is 3.55. The molecule has 0 aromatic heterocycles. The number of piperidine rings is 1. The third-order valence-electron chi connectivity index (χ3n) is 2.49. The van der Waals surface area contributed by atoms with Gasteiger partial charge in [0, 0.05) is 6.54 Å². The number of carbonyl (C=O) groups is 1. The van der Waals surface area contributed by atoms with Gasteiger partial charge in [-0.15, -0.1) is 12.4 Å². The van der Waals surface area contributed by atoms with Crippen molar-refractivity contribution in [2.45, 2.75) is 12.5 Å². The van der Waals surface area contributed by atoms with Crippen LogP contribution in [0.4, 0.5) is 0 Å². The van der Waals surface area contributed by atoms with Crippen LogP contribution in [0.25, 0.3) is 0 Å². The highest BCUT2D eigenvalue weighted by atomic mass is 35.5. The lowest BCUT2D eigenvalue weighted by Gasteiger charge is -2.34. The number of aliphatic hydroxyl groups excluding tert-OH is 1. The molecular weight excluding hydrogens is 206 g/mol. The standard InChI is InChI=1S/C8H17N3O2.ClH/c9-3-6-1-2-11(4-7(6)12)5-8(10)13;/h6-7,12H,1-5,9H2,(H2,10,13);1H/t6-,7+;/m1./s1. The molecule has 0 saturated carbocycles. The Bertz CT molecular complexity index is 191. The van der Waals surface area contributed by atoms with Gasteiger partial charge in [0.2, 0.25) is 5.91 Å². The van der Waals surface area contributed by atoms with Crippen molar-refractivity contribution in [3.63, 3.8) is 0 Å². The molecule has 1 aliphatic heterocycles. The Kier molecular flexibility index (Phi) is 6.03. The fraction of sp³-hybridized carbons (Fsp3) is 0.875. The zero-order valence-electron chi connectivity index (χ0n) is 8.06. The number of halogens is 1. The molecule has 14 heavy (non-hydrogen) atoms. The molecular formula is C8H18ClN3O2. The molecule has 5 nitrogen and oxygen atoms in total. The molecule has 0 spiro atoms. The van der Waals surface area contributed by atoms with Crippen LogP contribution in [0, 0.1) is 5.92 Å². The van der Waals surface area contributed by atoms with Crippen LogP contribution in [0.1, 0.15) is 6.42 Å². The summed E-state index contributed by atoms with van der Waals surface area (Å²) in [4.78, 5) is 12.5. The van der Waals surface area contributed by atoms with Gasteiger partial charge in [-0.3, -0.25) is 9.69 Å². The van der Waals surface area contributed by atoms with Crippen LogP contribution < -0.4 is 11.5 Å². The smallest absolute Gasteiger partial charge is 0.231 e. The van der Waals surface area contributed by atoms with E-state index in [2.05, 4.69) is 0 Å². The molecule has 84 valence electrons. The van der Waals surface area contributed by atoms with E-state index in [1.54, 1.807) is 0 Å². The summed E-state index contributed by atoms with van der Waals surface area (Å²) < 4.78 is 0. The quantitative estimate of drug-likeness (QED) is 0.545. The molecule has 5 N–H and O–H groups in total. The van der Waals surface area contributed by atoms with Crippen molar-refractivity contribution in [2.24, 2.45) is 17.4 Å². The second-order valence-corrected chi connectivity index (χ2v) is 3.55. The van der Waals surface area contributed by atoms with Crippen LogP contribution in [0.2, 0.25) is 0 Å². The third-order valence-corrected chi connectivity index (χ3v) is 2.49. The van der Waals surface area contributed by atoms with Crippen LogP contribution >= 0.6 is 12.4 Å². The van der Waals surface area contributed by atoms with Crippen molar-refractivity contribution < 1.29 is 9.90 Å². The zero-order valence-corrected chi connectivity index (χ0v) is 8.87. The van der Waals surface area contributed by atoms with Gasteiger partial charge < -0.3 is 16.6 Å². The first kappa shape index (κ1) is 13.6. The molecule has 1 fully saturated rings. The number of hydrogen-bond acceptors (Lipinski definition) is 4. The van der Waals surface area contributed by atoms with Gasteiger partial charge in [-0.05, 0) is 25.4 Å². The summed E-state index contributed by atoms with van der Waals surface area (Å²) in [6.45, 7) is 2.03. The van der Waals surface area contributed by atoms with Crippen LogP contribution in [0.15, 0.2) is 0 Å². The van der Waals surface area contributed by atoms with Crippen molar-refractivity contribution >= 4 is 18.3 Å². The highest BCUT2D eigenvalue weighted by Crippen LogP contribution is 2.15. The molecule has 0 aromatic carbocycles. The van der Waals surface area contributed by atoms with E-state index < -0.39 is 6.10 Å². The summed E-state index contributed by atoms with van der Waals surface area (Å²) in [5.74, 6) is -0.178. The van der Waals surface area contributed by atoms with E-state index in [-0.39, 0.29) is 30.8 Å². The van der Waals surface area contributed by atoms with E-state index in [1.165, 1.54) is 0 Å². The summed E-state index contributed by atoms with van der Waals surface area (Å²) in [5.41, 5.74) is 10.5. The van der Waals surface area contributed by atoms with E-state index in [0.717, 1.165) is 13.0 Å². The molecule has 1 rings (SSSR count). The molecule has 0 bridgehead atoms. The summed E-state index contributed by atoms with van der Waals surface area (Å²) in [6, 6.07) is 0. The molecule has 0 unspecified atom stereocenters. The Balaban J connectivity index is 0.00000169. The number of β-amino-alcohol motifs (C(OH)–C–C–N with tert-alkyl or cyclic N) is 1.